The number of nitrogens with one attached hydrogen (secondary N) is 1. The number of nitrogens with zero attached hydrogens (tertiary/aromatic N) is 3. The van der Waals surface area contributed by atoms with Crippen LogP contribution in [0.5, 0.6) is 0 Å². The molecule has 2 aromatic heterocycles. The molecule has 0 radical (unpaired) electrons. The number of hydrogen-bond acceptors (Lipinski definition) is 4. The lowest BCUT2D eigenvalue weighted by molar-refractivity contribution is 0.435. The number of tetrazole rings is 1. The smallest absolute Gasteiger partial charge is 0.177 e. The molecule has 0 amide bonds. The monoisotopic (exact) mass is 220 g/mol. The Kier molecular flexibility index (Phi) is 3.03. The fraction of sp³-hybridized carbons (Fsp3) is 0.545. The van der Waals surface area contributed by atoms with Gasteiger partial charge in [-0.3, -0.25) is 0 Å². The molecule has 0 saturated heterocycles. The van der Waals surface area contributed by atoms with Crippen LogP contribution in [0.15, 0.2) is 16.5 Å². The first-order chi connectivity index (χ1) is 7.66. The molecule has 0 aliphatic rings. The highest BCUT2D eigenvalue weighted by Gasteiger charge is 2.14. The predicted molar refractivity (Wildman–Crippen MR) is 59.1 cm³/mol. The van der Waals surface area contributed by atoms with Crippen molar-refractivity contribution in [2.24, 2.45) is 0 Å². The Morgan fingerprint density at radius 3 is 2.69 bits per heavy atom. The molecule has 5 heteroatoms. The van der Waals surface area contributed by atoms with Crippen LogP contribution in [0.25, 0.3) is 0 Å². The van der Waals surface area contributed by atoms with Gasteiger partial charge in [-0.25, -0.2) is 0 Å². The molecule has 0 aromatic carbocycles. The lowest BCUT2D eigenvalue weighted by Gasteiger charge is -2.04. The SMILES string of the molecule is CC(C)c1ccc(CC(C)c2nn[nH]n2)o1. The van der Waals surface area contributed by atoms with E-state index >= 15 is 0 Å². The Labute approximate surface area is 94.2 Å². The van der Waals surface area contributed by atoms with Gasteiger partial charge in [0.15, 0.2) is 5.82 Å². The van der Waals surface area contributed by atoms with E-state index in [9.17, 15) is 0 Å². The van der Waals surface area contributed by atoms with Crippen molar-refractivity contribution in [3.63, 3.8) is 0 Å². The maximum absolute atomic E-state index is 5.73. The van der Waals surface area contributed by atoms with Gasteiger partial charge in [-0.15, -0.1) is 10.2 Å². The maximum atomic E-state index is 5.73. The molecule has 1 N–H and O–H groups in total. The molecule has 1 unspecified atom stereocenters. The first kappa shape index (κ1) is 10.9. The van der Waals surface area contributed by atoms with E-state index in [-0.39, 0.29) is 5.92 Å². The standard InChI is InChI=1S/C11H16N4O/c1-7(2)10-5-4-9(16-10)6-8(3)11-12-14-15-13-11/h4-5,7-8H,6H2,1-3H3,(H,12,13,14,15). The Balaban J connectivity index is 2.03. The van der Waals surface area contributed by atoms with Crippen LogP contribution in [-0.2, 0) is 6.42 Å². The minimum Gasteiger partial charge on any atom is -0.466 e. The summed E-state index contributed by atoms with van der Waals surface area (Å²) in [4.78, 5) is 0. The molecule has 0 bridgehead atoms. The van der Waals surface area contributed by atoms with Gasteiger partial charge in [0, 0.05) is 18.3 Å². The lowest BCUT2D eigenvalue weighted by atomic mass is 10.1. The van der Waals surface area contributed by atoms with Crippen molar-refractivity contribution in [1.82, 2.24) is 20.6 Å². The van der Waals surface area contributed by atoms with E-state index in [0.29, 0.717) is 5.92 Å². The molecular formula is C11H16N4O. The Bertz CT molecular complexity index is 433. The molecule has 86 valence electrons. The summed E-state index contributed by atoms with van der Waals surface area (Å²) in [6, 6.07) is 4.05. The molecule has 0 aliphatic carbocycles. The number of H-pyrrole nitrogens is 1. The third kappa shape index (κ3) is 2.29. The summed E-state index contributed by atoms with van der Waals surface area (Å²) in [7, 11) is 0. The number of hydrogen-bond donors (Lipinski definition) is 1. The van der Waals surface area contributed by atoms with Crippen molar-refractivity contribution in [3.05, 3.63) is 29.5 Å². The van der Waals surface area contributed by atoms with Gasteiger partial charge in [-0.1, -0.05) is 26.0 Å². The summed E-state index contributed by atoms with van der Waals surface area (Å²) in [6.45, 7) is 6.29. The van der Waals surface area contributed by atoms with Gasteiger partial charge in [0.05, 0.1) is 0 Å². The molecule has 1 atom stereocenters. The summed E-state index contributed by atoms with van der Waals surface area (Å²) in [6.07, 6.45) is 0.798. The van der Waals surface area contributed by atoms with Gasteiger partial charge in [0.25, 0.3) is 0 Å². The van der Waals surface area contributed by atoms with Crippen LogP contribution in [-0.4, -0.2) is 20.6 Å². The maximum Gasteiger partial charge on any atom is 0.177 e. The summed E-state index contributed by atoms with van der Waals surface area (Å²) >= 11 is 0. The zero-order chi connectivity index (χ0) is 11.5. The van der Waals surface area contributed by atoms with Crippen LogP contribution in [0, 0.1) is 0 Å². The Morgan fingerprint density at radius 1 is 1.31 bits per heavy atom. The van der Waals surface area contributed by atoms with Crippen LogP contribution in [0.2, 0.25) is 0 Å². The van der Waals surface area contributed by atoms with Crippen molar-refractivity contribution in [1.29, 1.82) is 0 Å². The zero-order valence-corrected chi connectivity index (χ0v) is 9.77. The second-order valence-corrected chi connectivity index (χ2v) is 4.33. The minimum absolute atomic E-state index is 0.213. The van der Waals surface area contributed by atoms with E-state index in [1.54, 1.807) is 0 Å². The largest absolute Gasteiger partial charge is 0.466 e. The fourth-order valence-corrected chi connectivity index (χ4v) is 1.59. The van der Waals surface area contributed by atoms with Crippen LogP contribution in [0.3, 0.4) is 0 Å². The van der Waals surface area contributed by atoms with Gasteiger partial charge >= 0.3 is 0 Å². The quantitative estimate of drug-likeness (QED) is 0.858. The zero-order valence-electron chi connectivity index (χ0n) is 9.77. The third-order valence-corrected chi connectivity index (χ3v) is 2.56. The van der Waals surface area contributed by atoms with E-state index in [0.717, 1.165) is 23.8 Å². The number of furan rings is 1. The topological polar surface area (TPSA) is 67.6 Å². The average molecular weight is 220 g/mol. The van der Waals surface area contributed by atoms with Crippen molar-refractivity contribution >= 4 is 0 Å². The van der Waals surface area contributed by atoms with E-state index in [1.807, 2.05) is 12.1 Å². The second-order valence-electron chi connectivity index (χ2n) is 4.33. The Hall–Kier alpha value is -1.65. The predicted octanol–water partition coefficient (Wildman–Crippen LogP) is 2.26. The van der Waals surface area contributed by atoms with Gasteiger partial charge < -0.3 is 4.42 Å². The highest BCUT2D eigenvalue weighted by atomic mass is 16.3. The molecule has 0 saturated carbocycles. The van der Waals surface area contributed by atoms with Crippen molar-refractivity contribution in [3.8, 4) is 0 Å². The van der Waals surface area contributed by atoms with Crippen molar-refractivity contribution < 1.29 is 4.42 Å². The van der Waals surface area contributed by atoms with E-state index in [2.05, 4.69) is 41.4 Å². The van der Waals surface area contributed by atoms with E-state index in [1.165, 1.54) is 0 Å². The van der Waals surface area contributed by atoms with Crippen LogP contribution in [0.4, 0.5) is 0 Å². The van der Waals surface area contributed by atoms with Gasteiger partial charge in [0.2, 0.25) is 0 Å². The molecule has 2 aromatic rings. The molecule has 0 spiro atoms. The fourth-order valence-electron chi connectivity index (χ4n) is 1.59. The highest BCUT2D eigenvalue weighted by molar-refractivity contribution is 5.12. The van der Waals surface area contributed by atoms with Crippen LogP contribution < -0.4 is 0 Å². The number of aromatic nitrogens is 4. The number of rotatable bonds is 4. The first-order valence-corrected chi connectivity index (χ1v) is 5.48. The van der Waals surface area contributed by atoms with Crippen LogP contribution in [0.1, 0.15) is 50.0 Å². The highest BCUT2D eigenvalue weighted by Crippen LogP contribution is 2.22. The Morgan fingerprint density at radius 2 is 2.12 bits per heavy atom. The van der Waals surface area contributed by atoms with Crippen molar-refractivity contribution in [2.75, 3.05) is 0 Å². The summed E-state index contributed by atoms with van der Waals surface area (Å²) in [5.41, 5.74) is 0. The van der Waals surface area contributed by atoms with E-state index < -0.39 is 0 Å². The second kappa shape index (κ2) is 4.47. The summed E-state index contributed by atoms with van der Waals surface area (Å²) < 4.78 is 5.73. The van der Waals surface area contributed by atoms with Gasteiger partial charge in [-0.2, -0.15) is 5.21 Å². The van der Waals surface area contributed by atoms with Crippen molar-refractivity contribution in [2.45, 2.75) is 39.0 Å². The third-order valence-electron chi connectivity index (χ3n) is 2.56. The summed E-state index contributed by atoms with van der Waals surface area (Å²) in [5.74, 6) is 3.36. The lowest BCUT2D eigenvalue weighted by Crippen LogP contribution is -2.00. The number of aromatic amines is 1. The molecule has 0 aliphatic heterocycles. The molecule has 2 rings (SSSR count). The molecule has 16 heavy (non-hydrogen) atoms. The first-order valence-electron chi connectivity index (χ1n) is 5.48. The van der Waals surface area contributed by atoms with Gasteiger partial charge in [0.1, 0.15) is 11.5 Å². The molecular weight excluding hydrogens is 204 g/mol. The van der Waals surface area contributed by atoms with Gasteiger partial charge in [-0.05, 0) is 12.1 Å². The molecule has 0 fully saturated rings. The normalized spacial score (nSPS) is 13.2. The minimum atomic E-state index is 0.213. The molecule has 5 nitrogen and oxygen atoms in total. The summed E-state index contributed by atoms with van der Waals surface area (Å²) in [5, 5.41) is 13.9. The molecule has 2 heterocycles. The van der Waals surface area contributed by atoms with Crippen LogP contribution >= 0.6 is 0 Å². The van der Waals surface area contributed by atoms with E-state index in [4.69, 9.17) is 4.42 Å². The average Bonchev–Trinajstić information content (AvgIpc) is 2.87.